The van der Waals surface area contributed by atoms with Gasteiger partial charge in [-0.2, -0.15) is 5.10 Å². The molecule has 0 radical (unpaired) electrons. The van der Waals surface area contributed by atoms with Crippen molar-refractivity contribution in [3.63, 3.8) is 0 Å². The maximum Gasteiger partial charge on any atom is 0.158 e. The molecule has 0 spiro atoms. The van der Waals surface area contributed by atoms with Crippen LogP contribution in [0.3, 0.4) is 0 Å². The third-order valence-electron chi connectivity index (χ3n) is 4.22. The van der Waals surface area contributed by atoms with Gasteiger partial charge < -0.3 is 10.4 Å². The third kappa shape index (κ3) is 3.54. The van der Waals surface area contributed by atoms with Crippen LogP contribution in [0.1, 0.15) is 6.92 Å². The molecule has 1 unspecified atom stereocenters. The molecule has 2 aromatic heterocycles. The van der Waals surface area contributed by atoms with Crippen LogP contribution in [-0.4, -0.2) is 37.5 Å². The fourth-order valence-electron chi connectivity index (χ4n) is 2.94. The van der Waals surface area contributed by atoms with Gasteiger partial charge in [-0.3, -0.25) is 0 Å². The van der Waals surface area contributed by atoms with Gasteiger partial charge >= 0.3 is 0 Å². The fraction of sp³-hybridized carbons (Fsp3) is 0.150. The van der Waals surface area contributed by atoms with Crippen LogP contribution in [0.4, 0.5) is 5.82 Å². The largest absolute Gasteiger partial charge is 0.392 e. The Kier molecular flexibility index (Phi) is 5.17. The van der Waals surface area contributed by atoms with Gasteiger partial charge in [0.05, 0.1) is 16.8 Å². The van der Waals surface area contributed by atoms with Gasteiger partial charge in [0, 0.05) is 17.1 Å². The quantitative estimate of drug-likeness (QED) is 0.500. The highest BCUT2D eigenvalue weighted by molar-refractivity contribution is 6.32. The summed E-state index contributed by atoms with van der Waals surface area (Å²) in [6.07, 6.45) is 0.955. The van der Waals surface area contributed by atoms with E-state index in [1.807, 2.05) is 48.5 Å². The molecule has 0 aliphatic carbocycles. The van der Waals surface area contributed by atoms with E-state index in [1.54, 1.807) is 11.6 Å². The fourth-order valence-corrected chi connectivity index (χ4v) is 3.28. The SMILES string of the molecule is CC(O)CNc1ncnc2c(-c3ccc(Cl)cc3)n(-c3ccccc3Cl)nc12. The summed E-state index contributed by atoms with van der Waals surface area (Å²) in [5.41, 5.74) is 3.67. The molecule has 6 nitrogen and oxygen atoms in total. The number of para-hydroxylation sites is 1. The lowest BCUT2D eigenvalue weighted by molar-refractivity contribution is 0.208. The first kappa shape index (κ1) is 18.7. The highest BCUT2D eigenvalue weighted by Crippen LogP contribution is 2.34. The zero-order chi connectivity index (χ0) is 19.7. The van der Waals surface area contributed by atoms with Gasteiger partial charge in [-0.05, 0) is 31.2 Å². The molecular formula is C20H17Cl2N5O. The number of benzene rings is 2. The van der Waals surface area contributed by atoms with Crippen LogP contribution < -0.4 is 5.32 Å². The van der Waals surface area contributed by atoms with Crippen molar-refractivity contribution in [2.24, 2.45) is 0 Å². The molecule has 142 valence electrons. The van der Waals surface area contributed by atoms with E-state index in [0.29, 0.717) is 33.4 Å². The van der Waals surface area contributed by atoms with Crippen molar-refractivity contribution in [3.8, 4) is 16.9 Å². The lowest BCUT2D eigenvalue weighted by atomic mass is 10.1. The number of hydrogen-bond acceptors (Lipinski definition) is 5. The summed E-state index contributed by atoms with van der Waals surface area (Å²) in [5.74, 6) is 0.548. The molecule has 0 aliphatic heterocycles. The van der Waals surface area contributed by atoms with Crippen molar-refractivity contribution in [1.29, 1.82) is 0 Å². The number of nitrogens with one attached hydrogen (secondary N) is 1. The van der Waals surface area contributed by atoms with Gasteiger partial charge in [-0.1, -0.05) is 47.5 Å². The lowest BCUT2D eigenvalue weighted by Gasteiger charge is -2.09. The predicted molar refractivity (Wildman–Crippen MR) is 112 cm³/mol. The standard InChI is InChI=1S/C20H17Cl2N5O/c1-12(28)10-23-20-18-17(24-11-25-20)19(13-6-8-14(21)9-7-13)27(26-18)16-5-3-2-4-15(16)22/h2-9,11-12,28H,10H2,1H3,(H,23,24,25). The van der Waals surface area contributed by atoms with Crippen molar-refractivity contribution in [2.75, 3.05) is 11.9 Å². The topological polar surface area (TPSA) is 75.9 Å². The average Bonchev–Trinajstić information content (AvgIpc) is 3.07. The van der Waals surface area contributed by atoms with Crippen molar-refractivity contribution in [3.05, 3.63) is 64.9 Å². The average molecular weight is 414 g/mol. The number of fused-ring (bicyclic) bond motifs is 1. The zero-order valence-electron chi connectivity index (χ0n) is 15.0. The van der Waals surface area contributed by atoms with E-state index < -0.39 is 6.10 Å². The van der Waals surface area contributed by atoms with Crippen LogP contribution in [0.2, 0.25) is 10.0 Å². The molecule has 0 amide bonds. The molecule has 2 N–H and O–H groups in total. The van der Waals surface area contributed by atoms with Crippen molar-refractivity contribution in [2.45, 2.75) is 13.0 Å². The Bertz CT molecular complexity index is 1130. The lowest BCUT2D eigenvalue weighted by Crippen LogP contribution is -2.16. The molecule has 2 aromatic carbocycles. The minimum absolute atomic E-state index is 0.349. The molecule has 0 fully saturated rings. The Morgan fingerprint density at radius 1 is 1.04 bits per heavy atom. The predicted octanol–water partition coefficient (Wildman–Crippen LogP) is 4.58. The van der Waals surface area contributed by atoms with Gasteiger partial charge in [-0.15, -0.1) is 0 Å². The van der Waals surface area contributed by atoms with E-state index in [4.69, 9.17) is 28.3 Å². The van der Waals surface area contributed by atoms with Crippen LogP contribution in [0.15, 0.2) is 54.9 Å². The highest BCUT2D eigenvalue weighted by Gasteiger charge is 2.20. The van der Waals surface area contributed by atoms with Crippen LogP contribution in [0, 0.1) is 0 Å². The van der Waals surface area contributed by atoms with E-state index >= 15 is 0 Å². The van der Waals surface area contributed by atoms with E-state index in [-0.39, 0.29) is 0 Å². The molecule has 2 heterocycles. The Morgan fingerprint density at radius 3 is 2.50 bits per heavy atom. The second-order valence-corrected chi connectivity index (χ2v) is 7.21. The van der Waals surface area contributed by atoms with Gasteiger partial charge in [0.1, 0.15) is 17.5 Å². The van der Waals surface area contributed by atoms with Gasteiger partial charge in [0.2, 0.25) is 0 Å². The molecule has 28 heavy (non-hydrogen) atoms. The molecule has 4 rings (SSSR count). The number of rotatable bonds is 5. The molecule has 0 saturated heterocycles. The smallest absolute Gasteiger partial charge is 0.158 e. The van der Waals surface area contributed by atoms with Gasteiger partial charge in [-0.25, -0.2) is 14.6 Å². The van der Waals surface area contributed by atoms with E-state index in [0.717, 1.165) is 16.9 Å². The first-order valence-electron chi connectivity index (χ1n) is 8.71. The Labute approximate surface area is 171 Å². The number of halogens is 2. The normalized spacial score (nSPS) is 12.3. The Hall–Kier alpha value is -2.67. The summed E-state index contributed by atoms with van der Waals surface area (Å²) in [5, 5.41) is 18.7. The molecular weight excluding hydrogens is 397 g/mol. The Balaban J connectivity index is 1.98. The highest BCUT2D eigenvalue weighted by atomic mass is 35.5. The third-order valence-corrected chi connectivity index (χ3v) is 4.79. The minimum atomic E-state index is -0.522. The van der Waals surface area contributed by atoms with E-state index in [2.05, 4.69) is 15.3 Å². The molecule has 0 bridgehead atoms. The number of nitrogens with zero attached hydrogens (tertiary/aromatic N) is 4. The molecule has 4 aromatic rings. The molecule has 8 heteroatoms. The summed E-state index contributed by atoms with van der Waals surface area (Å²) in [6.45, 7) is 2.05. The van der Waals surface area contributed by atoms with Crippen molar-refractivity contribution < 1.29 is 5.11 Å². The maximum absolute atomic E-state index is 9.60. The summed E-state index contributed by atoms with van der Waals surface area (Å²) < 4.78 is 1.76. The summed E-state index contributed by atoms with van der Waals surface area (Å²) in [7, 11) is 0. The number of hydrogen-bond donors (Lipinski definition) is 2. The molecule has 0 aliphatic rings. The number of anilines is 1. The summed E-state index contributed by atoms with van der Waals surface area (Å²) in [6, 6.07) is 14.9. The second kappa shape index (κ2) is 7.75. The monoisotopic (exact) mass is 413 g/mol. The molecule has 0 saturated carbocycles. The van der Waals surface area contributed by atoms with Crippen LogP contribution in [-0.2, 0) is 0 Å². The summed E-state index contributed by atoms with van der Waals surface area (Å²) in [4.78, 5) is 8.76. The van der Waals surface area contributed by atoms with Gasteiger partial charge in [0.15, 0.2) is 11.3 Å². The Morgan fingerprint density at radius 2 is 1.79 bits per heavy atom. The van der Waals surface area contributed by atoms with Crippen LogP contribution in [0.25, 0.3) is 28.0 Å². The maximum atomic E-state index is 9.60. The zero-order valence-corrected chi connectivity index (χ0v) is 16.5. The minimum Gasteiger partial charge on any atom is -0.392 e. The number of aromatic nitrogens is 4. The van der Waals surface area contributed by atoms with Crippen LogP contribution in [0.5, 0.6) is 0 Å². The number of aliphatic hydroxyl groups is 1. The second-order valence-electron chi connectivity index (χ2n) is 6.37. The van der Waals surface area contributed by atoms with Crippen molar-refractivity contribution >= 4 is 40.1 Å². The summed E-state index contributed by atoms with van der Waals surface area (Å²) >= 11 is 12.5. The molecule has 1 atom stereocenters. The first-order chi connectivity index (χ1) is 13.5. The van der Waals surface area contributed by atoms with E-state index in [9.17, 15) is 5.11 Å². The number of aliphatic hydroxyl groups excluding tert-OH is 1. The van der Waals surface area contributed by atoms with E-state index in [1.165, 1.54) is 6.33 Å². The first-order valence-corrected chi connectivity index (χ1v) is 9.46. The van der Waals surface area contributed by atoms with Gasteiger partial charge in [0.25, 0.3) is 0 Å². The van der Waals surface area contributed by atoms with Crippen molar-refractivity contribution in [1.82, 2.24) is 19.7 Å². The van der Waals surface area contributed by atoms with Crippen LogP contribution >= 0.6 is 23.2 Å².